The van der Waals surface area contributed by atoms with Crippen molar-refractivity contribution in [2.45, 2.75) is 57.7 Å². The predicted molar refractivity (Wildman–Crippen MR) is 112 cm³/mol. The van der Waals surface area contributed by atoms with Crippen LogP contribution in [-0.2, 0) is 20.9 Å². The number of carbonyl (C=O) groups is 2. The molecule has 3 saturated heterocycles. The lowest BCUT2D eigenvalue weighted by Crippen LogP contribution is -2.68. The van der Waals surface area contributed by atoms with Crippen molar-refractivity contribution in [3.8, 4) is 0 Å². The van der Waals surface area contributed by atoms with Crippen LogP contribution in [0.1, 0.15) is 39.0 Å². The number of fused-ring (bicyclic) bond motifs is 4. The number of aromatic nitrogens is 3. The van der Waals surface area contributed by atoms with Crippen LogP contribution in [0.2, 0.25) is 0 Å². The van der Waals surface area contributed by atoms with Crippen molar-refractivity contribution in [2.24, 2.45) is 11.8 Å². The number of carbonyl (C=O) groups excluding carboxylic acids is 2. The topological polar surface area (TPSA) is 83.8 Å². The highest BCUT2D eigenvalue weighted by Gasteiger charge is 2.52. The molecular weight excluding hydrogens is 384 g/mol. The normalized spacial score (nSPS) is 28.4. The van der Waals surface area contributed by atoms with Gasteiger partial charge in [-0.05, 0) is 31.6 Å². The summed E-state index contributed by atoms with van der Waals surface area (Å²) in [4.78, 5) is 37.0. The highest BCUT2D eigenvalue weighted by Crippen LogP contribution is 2.42. The Morgan fingerprint density at radius 2 is 2.13 bits per heavy atom. The summed E-state index contributed by atoms with van der Waals surface area (Å²) >= 11 is 0. The largest absolute Gasteiger partial charge is 0.383 e. The molecule has 3 aliphatic rings. The zero-order valence-electron chi connectivity index (χ0n) is 18.4. The molecule has 1 aromatic rings. The van der Waals surface area contributed by atoms with E-state index in [0.717, 1.165) is 51.3 Å². The van der Waals surface area contributed by atoms with Gasteiger partial charge in [0, 0.05) is 58.7 Å². The summed E-state index contributed by atoms with van der Waals surface area (Å²) in [6, 6.07) is -0.260. The molecule has 0 aliphatic carbocycles. The average Bonchev–Trinajstić information content (AvgIpc) is 3.21. The molecule has 166 valence electrons. The van der Waals surface area contributed by atoms with Crippen molar-refractivity contribution in [3.63, 3.8) is 0 Å². The van der Waals surface area contributed by atoms with E-state index in [-0.39, 0.29) is 23.8 Å². The Morgan fingerprint density at radius 1 is 1.33 bits per heavy atom. The third kappa shape index (κ3) is 3.79. The van der Waals surface area contributed by atoms with Gasteiger partial charge in [0.15, 0.2) is 0 Å². The second kappa shape index (κ2) is 8.91. The molecule has 2 bridgehead atoms. The molecule has 4 rings (SSSR count). The first kappa shape index (κ1) is 21.1. The number of ether oxygens (including phenoxy) is 1. The van der Waals surface area contributed by atoms with Crippen molar-refractivity contribution < 1.29 is 14.3 Å². The summed E-state index contributed by atoms with van der Waals surface area (Å²) in [5, 5.41) is 4.39. The summed E-state index contributed by atoms with van der Waals surface area (Å²) in [5.74, 6) is 1.54. The molecule has 0 N–H and O–H groups in total. The maximum absolute atomic E-state index is 13.5. The molecule has 2 amide bonds. The van der Waals surface area contributed by atoms with Crippen LogP contribution in [0.4, 0.5) is 5.95 Å². The number of nitrogens with zero attached hydrogens (tertiary/aromatic N) is 6. The number of aryl methyl sites for hydroxylation is 1. The lowest BCUT2D eigenvalue weighted by Gasteiger charge is -2.56. The number of rotatable bonds is 7. The van der Waals surface area contributed by atoms with Gasteiger partial charge in [-0.15, -0.1) is 0 Å². The predicted octanol–water partition coefficient (Wildman–Crippen LogP) is 0.999. The molecule has 0 unspecified atom stereocenters. The fraction of sp³-hybridized carbons (Fsp3) is 0.810. The molecule has 9 heteroatoms. The van der Waals surface area contributed by atoms with Gasteiger partial charge in [0.1, 0.15) is 12.4 Å². The molecule has 9 nitrogen and oxygen atoms in total. The van der Waals surface area contributed by atoms with Gasteiger partial charge in [-0.25, -0.2) is 4.68 Å². The summed E-state index contributed by atoms with van der Waals surface area (Å²) in [6.07, 6.45) is 6.04. The second-order valence-corrected chi connectivity index (χ2v) is 8.90. The summed E-state index contributed by atoms with van der Waals surface area (Å²) in [7, 11) is 3.45. The van der Waals surface area contributed by atoms with Gasteiger partial charge in [0.25, 0.3) is 0 Å². The maximum Gasteiger partial charge on any atom is 0.245 e. The van der Waals surface area contributed by atoms with E-state index in [1.807, 2.05) is 16.6 Å². The van der Waals surface area contributed by atoms with Crippen molar-refractivity contribution in [1.82, 2.24) is 24.6 Å². The van der Waals surface area contributed by atoms with Crippen molar-refractivity contribution >= 4 is 17.8 Å². The molecule has 0 radical (unpaired) electrons. The first-order valence-corrected chi connectivity index (χ1v) is 11.2. The van der Waals surface area contributed by atoms with Crippen LogP contribution in [0.5, 0.6) is 0 Å². The molecule has 4 atom stereocenters. The van der Waals surface area contributed by atoms with E-state index in [2.05, 4.69) is 21.9 Å². The minimum absolute atomic E-state index is 0.0348. The minimum atomic E-state index is -0.397. The van der Waals surface area contributed by atoms with Gasteiger partial charge in [-0.3, -0.25) is 9.59 Å². The number of amides is 2. The van der Waals surface area contributed by atoms with E-state index in [9.17, 15) is 9.59 Å². The van der Waals surface area contributed by atoms with E-state index in [1.165, 1.54) is 0 Å². The van der Waals surface area contributed by atoms with Crippen molar-refractivity contribution in [1.29, 1.82) is 0 Å². The Labute approximate surface area is 178 Å². The zero-order chi connectivity index (χ0) is 21.3. The highest BCUT2D eigenvalue weighted by molar-refractivity contribution is 5.89. The Hall–Kier alpha value is -2.16. The van der Waals surface area contributed by atoms with Crippen molar-refractivity contribution in [3.05, 3.63) is 6.33 Å². The fourth-order valence-electron chi connectivity index (χ4n) is 5.57. The summed E-state index contributed by atoms with van der Waals surface area (Å²) < 4.78 is 7.13. The van der Waals surface area contributed by atoms with Crippen LogP contribution in [-0.4, -0.2) is 88.9 Å². The second-order valence-electron chi connectivity index (χ2n) is 8.90. The van der Waals surface area contributed by atoms with E-state index in [0.29, 0.717) is 25.5 Å². The first-order valence-electron chi connectivity index (χ1n) is 11.2. The van der Waals surface area contributed by atoms with E-state index in [4.69, 9.17) is 4.74 Å². The average molecular weight is 419 g/mol. The molecule has 0 aromatic carbocycles. The quantitative estimate of drug-likeness (QED) is 0.657. The summed E-state index contributed by atoms with van der Waals surface area (Å²) in [6.45, 7) is 5.58. The van der Waals surface area contributed by atoms with Gasteiger partial charge in [0.05, 0.1) is 6.61 Å². The number of likely N-dealkylation sites (N-methyl/N-ethyl adjacent to an activating group) is 1. The van der Waals surface area contributed by atoms with Gasteiger partial charge < -0.3 is 19.4 Å². The Balaban J connectivity index is 1.62. The van der Waals surface area contributed by atoms with Crippen LogP contribution in [0, 0.1) is 11.8 Å². The number of hydrogen-bond acceptors (Lipinski definition) is 6. The van der Waals surface area contributed by atoms with Crippen molar-refractivity contribution in [2.75, 3.05) is 45.3 Å². The lowest BCUT2D eigenvalue weighted by molar-refractivity contribution is -0.160. The van der Waals surface area contributed by atoms with Crippen LogP contribution in [0.3, 0.4) is 0 Å². The Bertz CT molecular complexity index is 768. The standard InChI is InChI=1S/C21H34N6O3/c1-4-8-26-21(22-14-23-26)25-12-15-11-16(13-25)19(20(29)24(2)9-10-30-3)27-17(15)6-5-7-18(27)28/h14-17,19H,4-13H2,1-3H3/t15-,16+,17+,19-/m1/s1. The number of piperidine rings is 3. The molecule has 3 aliphatic heterocycles. The molecule has 0 saturated carbocycles. The zero-order valence-corrected chi connectivity index (χ0v) is 18.4. The number of hydrogen-bond donors (Lipinski definition) is 0. The third-order valence-corrected chi connectivity index (χ3v) is 6.91. The summed E-state index contributed by atoms with van der Waals surface area (Å²) in [5.41, 5.74) is 0. The smallest absolute Gasteiger partial charge is 0.245 e. The monoisotopic (exact) mass is 418 g/mol. The molecule has 3 fully saturated rings. The van der Waals surface area contributed by atoms with E-state index < -0.39 is 6.04 Å². The fourth-order valence-corrected chi connectivity index (χ4v) is 5.57. The SMILES string of the molecule is CCCn1ncnc1N1C[C@H]2C[C@@H](C1)[C@H](C(=O)N(C)CCOC)N1C(=O)CCC[C@@H]21. The minimum Gasteiger partial charge on any atom is -0.383 e. The Kier molecular flexibility index (Phi) is 6.26. The molecular formula is C21H34N6O3. The first-order chi connectivity index (χ1) is 14.5. The number of methoxy groups -OCH3 is 1. The molecule has 30 heavy (non-hydrogen) atoms. The van der Waals surface area contributed by atoms with Crippen LogP contribution in [0.25, 0.3) is 0 Å². The Morgan fingerprint density at radius 3 is 2.90 bits per heavy atom. The highest BCUT2D eigenvalue weighted by atomic mass is 16.5. The van der Waals surface area contributed by atoms with Gasteiger partial charge in [-0.1, -0.05) is 6.92 Å². The lowest BCUT2D eigenvalue weighted by atomic mass is 9.71. The van der Waals surface area contributed by atoms with Gasteiger partial charge in [-0.2, -0.15) is 10.1 Å². The van der Waals surface area contributed by atoms with Gasteiger partial charge >= 0.3 is 0 Å². The van der Waals surface area contributed by atoms with Crippen LogP contribution >= 0.6 is 0 Å². The third-order valence-electron chi connectivity index (χ3n) is 6.91. The van der Waals surface area contributed by atoms with Crippen LogP contribution in [0.15, 0.2) is 6.33 Å². The van der Waals surface area contributed by atoms with E-state index >= 15 is 0 Å². The van der Waals surface area contributed by atoms with Gasteiger partial charge in [0.2, 0.25) is 17.8 Å². The number of anilines is 1. The molecule has 4 heterocycles. The maximum atomic E-state index is 13.5. The molecule has 0 spiro atoms. The van der Waals surface area contributed by atoms with E-state index in [1.54, 1.807) is 18.3 Å². The van der Waals surface area contributed by atoms with Crippen LogP contribution < -0.4 is 4.90 Å². The molecule has 1 aromatic heterocycles.